The van der Waals surface area contributed by atoms with Crippen LogP contribution in [0.5, 0.6) is 0 Å². The van der Waals surface area contributed by atoms with Gasteiger partial charge in [-0.3, -0.25) is 4.79 Å². The Bertz CT molecular complexity index is 300. The zero-order chi connectivity index (χ0) is 11.6. The Balaban J connectivity index is 2.11. The van der Waals surface area contributed by atoms with E-state index in [9.17, 15) is 4.79 Å². The summed E-state index contributed by atoms with van der Waals surface area (Å²) in [6, 6.07) is 9.67. The highest BCUT2D eigenvalue weighted by Crippen LogP contribution is 2.03. The SMILES string of the molecule is NCCCCNC(=O)CNc1ccccc1. The molecule has 0 unspecified atom stereocenters. The van der Waals surface area contributed by atoms with Crippen LogP contribution in [0.2, 0.25) is 0 Å². The number of rotatable bonds is 7. The standard InChI is InChI=1S/C12H19N3O/c13-8-4-5-9-14-12(16)10-15-11-6-2-1-3-7-11/h1-3,6-7,15H,4-5,8-10,13H2,(H,14,16). The zero-order valence-electron chi connectivity index (χ0n) is 9.41. The van der Waals surface area contributed by atoms with Crippen LogP contribution in [0.25, 0.3) is 0 Å². The first kappa shape index (κ1) is 12.5. The first-order chi connectivity index (χ1) is 7.83. The van der Waals surface area contributed by atoms with Gasteiger partial charge in [-0.25, -0.2) is 0 Å². The van der Waals surface area contributed by atoms with Gasteiger partial charge >= 0.3 is 0 Å². The Morgan fingerprint density at radius 3 is 2.62 bits per heavy atom. The molecule has 1 aromatic rings. The number of amides is 1. The summed E-state index contributed by atoms with van der Waals surface area (Å²) in [5.74, 6) is 0.0147. The fourth-order valence-corrected chi connectivity index (χ4v) is 1.30. The van der Waals surface area contributed by atoms with E-state index in [2.05, 4.69) is 10.6 Å². The number of anilines is 1. The van der Waals surface area contributed by atoms with E-state index in [0.29, 0.717) is 19.6 Å². The van der Waals surface area contributed by atoms with Gasteiger partial charge in [-0.2, -0.15) is 0 Å². The second kappa shape index (κ2) is 7.70. The normalized spacial score (nSPS) is 9.81. The van der Waals surface area contributed by atoms with Crippen LogP contribution in [0.4, 0.5) is 5.69 Å². The van der Waals surface area contributed by atoms with E-state index in [1.807, 2.05) is 30.3 Å². The maximum atomic E-state index is 11.4. The molecule has 4 heteroatoms. The van der Waals surface area contributed by atoms with Crippen molar-refractivity contribution in [3.63, 3.8) is 0 Å². The molecular formula is C12H19N3O. The second-order valence-corrected chi connectivity index (χ2v) is 3.57. The summed E-state index contributed by atoms with van der Waals surface area (Å²) in [6.07, 6.45) is 1.89. The third kappa shape index (κ3) is 5.36. The van der Waals surface area contributed by atoms with E-state index in [1.54, 1.807) is 0 Å². The van der Waals surface area contributed by atoms with E-state index in [4.69, 9.17) is 5.73 Å². The molecule has 88 valence electrons. The van der Waals surface area contributed by atoms with Crippen molar-refractivity contribution in [3.8, 4) is 0 Å². The molecule has 0 fully saturated rings. The van der Waals surface area contributed by atoms with Gasteiger partial charge in [-0.15, -0.1) is 0 Å². The highest BCUT2D eigenvalue weighted by atomic mass is 16.1. The topological polar surface area (TPSA) is 67.1 Å². The first-order valence-electron chi connectivity index (χ1n) is 5.58. The van der Waals surface area contributed by atoms with E-state index >= 15 is 0 Å². The highest BCUT2D eigenvalue weighted by Gasteiger charge is 1.99. The average Bonchev–Trinajstić information content (AvgIpc) is 2.33. The molecule has 0 radical (unpaired) electrons. The number of hydrogen-bond acceptors (Lipinski definition) is 3. The molecule has 1 rings (SSSR count). The van der Waals surface area contributed by atoms with Crippen molar-refractivity contribution in [1.82, 2.24) is 5.32 Å². The van der Waals surface area contributed by atoms with E-state index in [-0.39, 0.29) is 5.91 Å². The molecule has 0 saturated heterocycles. The Labute approximate surface area is 96.2 Å². The summed E-state index contributed by atoms with van der Waals surface area (Å²) in [7, 11) is 0. The molecule has 0 saturated carbocycles. The number of nitrogens with two attached hydrogens (primary N) is 1. The number of unbranched alkanes of at least 4 members (excludes halogenated alkanes) is 1. The zero-order valence-corrected chi connectivity index (χ0v) is 9.41. The molecule has 4 nitrogen and oxygen atoms in total. The lowest BCUT2D eigenvalue weighted by atomic mass is 10.3. The molecule has 0 aliphatic rings. The second-order valence-electron chi connectivity index (χ2n) is 3.57. The van der Waals surface area contributed by atoms with Crippen LogP contribution in [0, 0.1) is 0 Å². The number of carbonyl (C=O) groups excluding carboxylic acids is 1. The van der Waals surface area contributed by atoms with Crippen molar-refractivity contribution in [1.29, 1.82) is 0 Å². The van der Waals surface area contributed by atoms with Crippen LogP contribution in [-0.4, -0.2) is 25.5 Å². The summed E-state index contributed by atoms with van der Waals surface area (Å²) in [5, 5.41) is 5.88. The summed E-state index contributed by atoms with van der Waals surface area (Å²) >= 11 is 0. The van der Waals surface area contributed by atoms with Crippen molar-refractivity contribution in [2.45, 2.75) is 12.8 Å². The smallest absolute Gasteiger partial charge is 0.239 e. The Morgan fingerprint density at radius 2 is 1.94 bits per heavy atom. The number of nitrogens with one attached hydrogen (secondary N) is 2. The number of benzene rings is 1. The predicted octanol–water partition coefficient (Wildman–Crippen LogP) is 0.954. The fraction of sp³-hybridized carbons (Fsp3) is 0.417. The fourth-order valence-electron chi connectivity index (χ4n) is 1.30. The van der Waals surface area contributed by atoms with Crippen molar-refractivity contribution in [2.24, 2.45) is 5.73 Å². The third-order valence-electron chi connectivity index (χ3n) is 2.18. The minimum absolute atomic E-state index is 0.0147. The quantitative estimate of drug-likeness (QED) is 0.601. The maximum Gasteiger partial charge on any atom is 0.239 e. The van der Waals surface area contributed by atoms with Crippen LogP contribution in [0.15, 0.2) is 30.3 Å². The van der Waals surface area contributed by atoms with E-state index < -0.39 is 0 Å². The third-order valence-corrected chi connectivity index (χ3v) is 2.18. The van der Waals surface area contributed by atoms with Crippen LogP contribution >= 0.6 is 0 Å². The minimum Gasteiger partial charge on any atom is -0.376 e. The van der Waals surface area contributed by atoms with Crippen LogP contribution in [0.1, 0.15) is 12.8 Å². The van der Waals surface area contributed by atoms with Gasteiger partial charge in [0, 0.05) is 12.2 Å². The monoisotopic (exact) mass is 221 g/mol. The largest absolute Gasteiger partial charge is 0.376 e. The molecule has 0 aromatic heterocycles. The molecule has 0 aliphatic heterocycles. The molecule has 16 heavy (non-hydrogen) atoms. The summed E-state index contributed by atoms with van der Waals surface area (Å²) < 4.78 is 0. The van der Waals surface area contributed by atoms with Crippen molar-refractivity contribution in [2.75, 3.05) is 25.0 Å². The average molecular weight is 221 g/mol. The Hall–Kier alpha value is -1.55. The molecule has 1 amide bonds. The molecule has 0 heterocycles. The summed E-state index contributed by atoms with van der Waals surface area (Å²) in [5.41, 5.74) is 6.31. The molecular weight excluding hydrogens is 202 g/mol. The molecule has 0 spiro atoms. The lowest BCUT2D eigenvalue weighted by Crippen LogP contribution is -2.30. The van der Waals surface area contributed by atoms with Crippen molar-refractivity contribution in [3.05, 3.63) is 30.3 Å². The summed E-state index contributed by atoms with van der Waals surface area (Å²) in [6.45, 7) is 1.69. The number of para-hydroxylation sites is 1. The van der Waals surface area contributed by atoms with Gasteiger partial charge in [0.1, 0.15) is 0 Å². The molecule has 0 aliphatic carbocycles. The maximum absolute atomic E-state index is 11.4. The van der Waals surface area contributed by atoms with Gasteiger partial charge in [0.05, 0.1) is 6.54 Å². The lowest BCUT2D eigenvalue weighted by molar-refractivity contribution is -0.119. The molecule has 4 N–H and O–H groups in total. The van der Waals surface area contributed by atoms with Gasteiger partial charge in [0.25, 0.3) is 0 Å². The highest BCUT2D eigenvalue weighted by molar-refractivity contribution is 5.80. The van der Waals surface area contributed by atoms with Crippen LogP contribution in [0.3, 0.4) is 0 Å². The van der Waals surface area contributed by atoms with Crippen LogP contribution in [-0.2, 0) is 4.79 Å². The van der Waals surface area contributed by atoms with E-state index in [0.717, 1.165) is 18.5 Å². The minimum atomic E-state index is 0.0147. The predicted molar refractivity (Wildman–Crippen MR) is 66.2 cm³/mol. The van der Waals surface area contributed by atoms with Gasteiger partial charge < -0.3 is 16.4 Å². The number of hydrogen-bond donors (Lipinski definition) is 3. The van der Waals surface area contributed by atoms with Gasteiger partial charge in [0.2, 0.25) is 5.91 Å². The Kier molecular flexibility index (Phi) is 6.03. The van der Waals surface area contributed by atoms with Crippen LogP contribution < -0.4 is 16.4 Å². The first-order valence-corrected chi connectivity index (χ1v) is 5.58. The molecule has 0 atom stereocenters. The van der Waals surface area contributed by atoms with Gasteiger partial charge in [-0.1, -0.05) is 18.2 Å². The van der Waals surface area contributed by atoms with Gasteiger partial charge in [-0.05, 0) is 31.5 Å². The lowest BCUT2D eigenvalue weighted by Gasteiger charge is -2.07. The Morgan fingerprint density at radius 1 is 1.19 bits per heavy atom. The number of carbonyl (C=O) groups is 1. The van der Waals surface area contributed by atoms with E-state index in [1.165, 1.54) is 0 Å². The molecule has 0 bridgehead atoms. The van der Waals surface area contributed by atoms with Gasteiger partial charge in [0.15, 0.2) is 0 Å². The summed E-state index contributed by atoms with van der Waals surface area (Å²) in [4.78, 5) is 11.4. The van der Waals surface area contributed by atoms with Crippen molar-refractivity contribution < 1.29 is 4.79 Å². The molecule has 1 aromatic carbocycles. The van der Waals surface area contributed by atoms with Crippen molar-refractivity contribution >= 4 is 11.6 Å².